The van der Waals surface area contributed by atoms with E-state index in [0.717, 1.165) is 28.0 Å². The molecule has 0 radical (unpaired) electrons. The first-order chi connectivity index (χ1) is 11.7. The van der Waals surface area contributed by atoms with Gasteiger partial charge in [0.2, 0.25) is 10.0 Å². The number of thiophene rings is 1. The molecule has 1 saturated heterocycles. The molecule has 136 valence electrons. The lowest BCUT2D eigenvalue weighted by Crippen LogP contribution is -2.41. The number of hydrogen-bond donors (Lipinski definition) is 1. The molecule has 5 nitrogen and oxygen atoms in total. The van der Waals surface area contributed by atoms with E-state index in [1.54, 1.807) is 11.3 Å². The minimum atomic E-state index is -3.15. The third-order valence-corrected chi connectivity index (χ3v) is 6.77. The van der Waals surface area contributed by atoms with E-state index in [-0.39, 0.29) is 5.91 Å². The highest BCUT2D eigenvalue weighted by molar-refractivity contribution is 7.88. The van der Waals surface area contributed by atoms with Crippen LogP contribution >= 0.6 is 11.3 Å². The molecule has 1 aromatic carbocycles. The predicted octanol–water partition coefficient (Wildman–Crippen LogP) is 2.92. The fraction of sp³-hybridized carbons (Fsp3) is 0.500. The molecule has 1 amide bonds. The Hall–Kier alpha value is -1.44. The van der Waals surface area contributed by atoms with Gasteiger partial charge in [0.25, 0.3) is 5.91 Å². The number of likely N-dealkylation sites (tertiary alicyclic amines) is 1. The van der Waals surface area contributed by atoms with Gasteiger partial charge in [-0.1, -0.05) is 17.7 Å². The number of benzene rings is 1. The van der Waals surface area contributed by atoms with Crippen molar-refractivity contribution >= 4 is 37.4 Å². The molecule has 1 aromatic heterocycles. The van der Waals surface area contributed by atoms with Crippen molar-refractivity contribution in [2.45, 2.75) is 26.7 Å². The van der Waals surface area contributed by atoms with E-state index in [0.29, 0.717) is 25.6 Å². The fourth-order valence-corrected chi connectivity index (χ4v) is 4.99. The van der Waals surface area contributed by atoms with Crippen molar-refractivity contribution < 1.29 is 13.2 Å². The van der Waals surface area contributed by atoms with E-state index in [1.165, 1.54) is 17.2 Å². The van der Waals surface area contributed by atoms with Crippen LogP contribution < -0.4 is 4.72 Å². The van der Waals surface area contributed by atoms with Crippen LogP contribution in [0.1, 0.15) is 33.6 Å². The highest BCUT2D eigenvalue weighted by atomic mass is 32.2. The van der Waals surface area contributed by atoms with Crippen molar-refractivity contribution in [3.63, 3.8) is 0 Å². The van der Waals surface area contributed by atoms with E-state index in [4.69, 9.17) is 0 Å². The topological polar surface area (TPSA) is 66.5 Å². The summed E-state index contributed by atoms with van der Waals surface area (Å²) in [4.78, 5) is 15.7. The Labute approximate surface area is 153 Å². The van der Waals surface area contributed by atoms with Crippen molar-refractivity contribution in [3.05, 3.63) is 34.2 Å². The Kier molecular flexibility index (Phi) is 5.18. The lowest BCUT2D eigenvalue weighted by Gasteiger charge is -2.31. The monoisotopic (exact) mass is 380 g/mol. The molecule has 0 bridgehead atoms. The zero-order valence-corrected chi connectivity index (χ0v) is 16.5. The number of carbonyl (C=O) groups excluding carboxylic acids is 1. The first-order valence-electron chi connectivity index (χ1n) is 8.48. The minimum Gasteiger partial charge on any atom is -0.338 e. The molecule has 0 unspecified atom stereocenters. The number of aryl methyl sites for hydroxylation is 2. The van der Waals surface area contributed by atoms with E-state index >= 15 is 0 Å². The fourth-order valence-electron chi connectivity index (χ4n) is 3.29. The number of amides is 1. The summed E-state index contributed by atoms with van der Waals surface area (Å²) >= 11 is 1.57. The van der Waals surface area contributed by atoms with Crippen molar-refractivity contribution in [3.8, 4) is 0 Å². The van der Waals surface area contributed by atoms with E-state index in [1.807, 2.05) is 11.8 Å². The second-order valence-corrected chi connectivity index (χ2v) is 9.80. The molecule has 0 saturated carbocycles. The van der Waals surface area contributed by atoms with Gasteiger partial charge < -0.3 is 4.90 Å². The maximum atomic E-state index is 12.9. The van der Waals surface area contributed by atoms with Gasteiger partial charge in [0.05, 0.1) is 11.1 Å². The quantitative estimate of drug-likeness (QED) is 0.887. The van der Waals surface area contributed by atoms with E-state index in [2.05, 4.69) is 29.8 Å². The molecule has 1 fully saturated rings. The van der Waals surface area contributed by atoms with Crippen LogP contribution in [-0.2, 0) is 10.0 Å². The Morgan fingerprint density at radius 2 is 1.96 bits per heavy atom. The molecule has 7 heteroatoms. The Balaban J connectivity index is 1.68. The smallest absolute Gasteiger partial charge is 0.264 e. The van der Waals surface area contributed by atoms with Crippen LogP contribution in [0.2, 0.25) is 0 Å². The highest BCUT2D eigenvalue weighted by Gasteiger charge is 2.26. The molecular formula is C18H24N2O3S2. The lowest BCUT2D eigenvalue weighted by molar-refractivity contribution is 0.0696. The number of carbonyl (C=O) groups is 1. The Morgan fingerprint density at radius 1 is 1.28 bits per heavy atom. The molecule has 2 heterocycles. The number of hydrogen-bond acceptors (Lipinski definition) is 4. The number of piperidine rings is 1. The van der Waals surface area contributed by atoms with Gasteiger partial charge >= 0.3 is 0 Å². The highest BCUT2D eigenvalue weighted by Crippen LogP contribution is 2.33. The van der Waals surface area contributed by atoms with Crippen molar-refractivity contribution in [1.82, 2.24) is 9.62 Å². The van der Waals surface area contributed by atoms with Gasteiger partial charge in [-0.05, 0) is 49.6 Å². The molecule has 0 spiro atoms. The summed E-state index contributed by atoms with van der Waals surface area (Å²) in [5.41, 5.74) is 2.26. The standard InChI is InChI=1S/C18H24N2O3S2/c1-12-4-5-16-15(10-12)13(2)17(24-16)18(21)20-8-6-14(7-9-20)11-19-25(3,22)23/h4-5,10,14,19H,6-9,11H2,1-3H3. The summed E-state index contributed by atoms with van der Waals surface area (Å²) in [6, 6.07) is 6.30. The predicted molar refractivity (Wildman–Crippen MR) is 103 cm³/mol. The van der Waals surface area contributed by atoms with Crippen LogP contribution in [0.4, 0.5) is 0 Å². The van der Waals surface area contributed by atoms with Gasteiger partial charge in [0.1, 0.15) is 0 Å². The number of fused-ring (bicyclic) bond motifs is 1. The van der Waals surface area contributed by atoms with E-state index in [9.17, 15) is 13.2 Å². The first-order valence-corrected chi connectivity index (χ1v) is 11.2. The maximum absolute atomic E-state index is 12.9. The Morgan fingerprint density at radius 3 is 2.60 bits per heavy atom. The van der Waals surface area contributed by atoms with Crippen LogP contribution in [0.3, 0.4) is 0 Å². The van der Waals surface area contributed by atoms with Gasteiger partial charge in [-0.2, -0.15) is 0 Å². The summed E-state index contributed by atoms with van der Waals surface area (Å²) in [6.07, 6.45) is 2.84. The zero-order valence-electron chi connectivity index (χ0n) is 14.8. The van der Waals surface area contributed by atoms with Crippen LogP contribution in [0.15, 0.2) is 18.2 Å². The summed E-state index contributed by atoms with van der Waals surface area (Å²) < 4.78 is 26.1. The molecule has 0 atom stereocenters. The number of sulfonamides is 1. The van der Waals surface area contributed by atoms with Gasteiger partial charge in [-0.3, -0.25) is 4.79 Å². The molecule has 0 aliphatic carbocycles. The normalized spacial score (nSPS) is 16.5. The van der Waals surface area contributed by atoms with Crippen molar-refractivity contribution in [1.29, 1.82) is 0 Å². The van der Waals surface area contributed by atoms with E-state index < -0.39 is 10.0 Å². The second-order valence-electron chi connectivity index (χ2n) is 6.91. The Bertz CT molecular complexity index is 894. The van der Waals surface area contributed by atoms with Gasteiger partial charge in [0, 0.05) is 24.3 Å². The molecule has 1 aliphatic rings. The minimum absolute atomic E-state index is 0.103. The first kappa shape index (κ1) is 18.4. The number of nitrogens with zero attached hydrogens (tertiary/aromatic N) is 1. The van der Waals surface area contributed by atoms with Crippen LogP contribution in [0, 0.1) is 19.8 Å². The summed E-state index contributed by atoms with van der Waals surface area (Å²) in [5.74, 6) is 0.399. The summed E-state index contributed by atoms with van der Waals surface area (Å²) in [5, 5.41) is 1.17. The van der Waals surface area contributed by atoms with Crippen LogP contribution in [0.5, 0.6) is 0 Å². The lowest BCUT2D eigenvalue weighted by atomic mass is 9.97. The number of rotatable bonds is 4. The SMILES string of the molecule is Cc1ccc2sc(C(=O)N3CCC(CNS(C)(=O)=O)CC3)c(C)c2c1. The second kappa shape index (κ2) is 7.05. The maximum Gasteiger partial charge on any atom is 0.264 e. The van der Waals surface area contributed by atoms with Gasteiger partial charge in [-0.25, -0.2) is 13.1 Å². The van der Waals surface area contributed by atoms with Crippen molar-refractivity contribution in [2.24, 2.45) is 5.92 Å². The molecule has 1 N–H and O–H groups in total. The van der Waals surface area contributed by atoms with Gasteiger partial charge in [-0.15, -0.1) is 11.3 Å². The average molecular weight is 381 g/mol. The van der Waals surface area contributed by atoms with Crippen LogP contribution in [0.25, 0.3) is 10.1 Å². The zero-order chi connectivity index (χ0) is 18.2. The average Bonchev–Trinajstić information content (AvgIpc) is 2.89. The van der Waals surface area contributed by atoms with Crippen LogP contribution in [-0.4, -0.2) is 45.1 Å². The molecular weight excluding hydrogens is 356 g/mol. The molecule has 3 rings (SSSR count). The van der Waals surface area contributed by atoms with Crippen molar-refractivity contribution in [2.75, 3.05) is 25.9 Å². The van der Waals surface area contributed by atoms with Gasteiger partial charge in [0.15, 0.2) is 0 Å². The molecule has 1 aliphatic heterocycles. The summed E-state index contributed by atoms with van der Waals surface area (Å²) in [6.45, 7) is 5.91. The summed E-state index contributed by atoms with van der Waals surface area (Å²) in [7, 11) is -3.15. The molecule has 2 aromatic rings. The molecule has 25 heavy (non-hydrogen) atoms. The largest absolute Gasteiger partial charge is 0.338 e. The third kappa shape index (κ3) is 4.22. The third-order valence-electron chi connectivity index (χ3n) is 4.82. The number of nitrogens with one attached hydrogen (secondary N) is 1.